The largest absolute Gasteiger partial charge is 0.377 e. The molecule has 2 amide bonds. The van der Waals surface area contributed by atoms with Crippen LogP contribution in [0.4, 0.5) is 8.78 Å². The highest BCUT2D eigenvalue weighted by Crippen LogP contribution is 2.18. The molecule has 1 aromatic carbocycles. The maximum absolute atomic E-state index is 13.5. The first-order chi connectivity index (χ1) is 13.5. The third-order valence-corrected chi connectivity index (χ3v) is 4.78. The SMILES string of the molecule is CN(CCc1cn[nH]c1)C(=O)C[C@H]1COCCN1C(=O)c1ccc(F)c(F)c1. The summed E-state index contributed by atoms with van der Waals surface area (Å²) in [5.74, 6) is -2.65. The van der Waals surface area contributed by atoms with Gasteiger partial charge in [0.1, 0.15) is 0 Å². The molecule has 9 heteroatoms. The van der Waals surface area contributed by atoms with Crippen LogP contribution in [0.15, 0.2) is 30.6 Å². The van der Waals surface area contributed by atoms with Gasteiger partial charge in [-0.1, -0.05) is 0 Å². The van der Waals surface area contributed by atoms with Gasteiger partial charge in [-0.05, 0) is 30.2 Å². The first-order valence-electron chi connectivity index (χ1n) is 9.01. The van der Waals surface area contributed by atoms with Gasteiger partial charge in [0.2, 0.25) is 5.91 Å². The molecule has 28 heavy (non-hydrogen) atoms. The maximum atomic E-state index is 13.5. The zero-order chi connectivity index (χ0) is 20.1. The summed E-state index contributed by atoms with van der Waals surface area (Å²) in [6.07, 6.45) is 4.24. The Balaban J connectivity index is 1.62. The van der Waals surface area contributed by atoms with Crippen molar-refractivity contribution in [2.45, 2.75) is 18.9 Å². The van der Waals surface area contributed by atoms with E-state index in [-0.39, 0.29) is 31.0 Å². The van der Waals surface area contributed by atoms with Crippen molar-refractivity contribution in [1.29, 1.82) is 0 Å². The highest BCUT2D eigenvalue weighted by molar-refractivity contribution is 5.94. The van der Waals surface area contributed by atoms with Gasteiger partial charge in [-0.25, -0.2) is 8.78 Å². The van der Waals surface area contributed by atoms with Crippen molar-refractivity contribution in [3.8, 4) is 0 Å². The number of rotatable bonds is 6. The Morgan fingerprint density at radius 1 is 1.36 bits per heavy atom. The Morgan fingerprint density at radius 3 is 2.89 bits per heavy atom. The zero-order valence-corrected chi connectivity index (χ0v) is 15.5. The van der Waals surface area contributed by atoms with E-state index in [4.69, 9.17) is 4.74 Å². The molecule has 0 saturated carbocycles. The molecule has 0 radical (unpaired) electrons. The number of carbonyl (C=O) groups excluding carboxylic acids is 2. The Hall–Kier alpha value is -2.81. The summed E-state index contributed by atoms with van der Waals surface area (Å²) in [5, 5.41) is 6.59. The number of likely N-dealkylation sites (N-methyl/N-ethyl adjacent to an activating group) is 1. The van der Waals surface area contributed by atoms with Crippen LogP contribution in [0.3, 0.4) is 0 Å². The van der Waals surface area contributed by atoms with Crippen LogP contribution in [-0.4, -0.2) is 71.2 Å². The van der Waals surface area contributed by atoms with Crippen LogP contribution in [-0.2, 0) is 16.0 Å². The standard InChI is InChI=1S/C19H22F2N4O3/c1-24(5-4-13-10-22-23-11-13)18(26)9-15-12-28-7-6-25(15)19(27)14-2-3-16(20)17(21)8-14/h2-3,8,10-11,15H,4-7,9,12H2,1H3,(H,22,23)/t15-/m0/s1. The minimum absolute atomic E-state index is 0.0477. The number of carbonyl (C=O) groups is 2. The first kappa shape index (κ1) is 19.9. The van der Waals surface area contributed by atoms with Crippen molar-refractivity contribution in [2.24, 2.45) is 0 Å². The summed E-state index contributed by atoms with van der Waals surface area (Å²) in [4.78, 5) is 28.4. The molecule has 150 valence electrons. The van der Waals surface area contributed by atoms with Crippen LogP contribution < -0.4 is 0 Å². The number of amides is 2. The van der Waals surface area contributed by atoms with E-state index in [1.165, 1.54) is 11.0 Å². The van der Waals surface area contributed by atoms with Crippen molar-refractivity contribution in [3.05, 3.63) is 53.4 Å². The number of H-pyrrole nitrogens is 1. The molecule has 0 aliphatic carbocycles. The predicted molar refractivity (Wildman–Crippen MR) is 96.5 cm³/mol. The van der Waals surface area contributed by atoms with Crippen molar-refractivity contribution < 1.29 is 23.1 Å². The third-order valence-electron chi connectivity index (χ3n) is 4.78. The molecule has 1 saturated heterocycles. The topological polar surface area (TPSA) is 78.5 Å². The molecule has 7 nitrogen and oxygen atoms in total. The number of benzene rings is 1. The second-order valence-corrected chi connectivity index (χ2v) is 6.73. The first-order valence-corrected chi connectivity index (χ1v) is 9.01. The molecule has 2 aromatic rings. The van der Waals surface area contributed by atoms with Gasteiger partial charge >= 0.3 is 0 Å². The average Bonchev–Trinajstić information content (AvgIpc) is 3.21. The van der Waals surface area contributed by atoms with E-state index in [1.807, 2.05) is 0 Å². The van der Waals surface area contributed by atoms with Gasteiger partial charge in [0.25, 0.3) is 5.91 Å². The van der Waals surface area contributed by atoms with E-state index >= 15 is 0 Å². The van der Waals surface area contributed by atoms with E-state index in [9.17, 15) is 18.4 Å². The lowest BCUT2D eigenvalue weighted by Gasteiger charge is -2.36. The Labute approximate surface area is 161 Å². The number of morpholine rings is 1. The van der Waals surface area contributed by atoms with Gasteiger partial charge in [0, 0.05) is 38.3 Å². The molecule has 1 fully saturated rings. The second kappa shape index (κ2) is 8.92. The number of hydrogen-bond acceptors (Lipinski definition) is 4. The summed E-state index contributed by atoms with van der Waals surface area (Å²) in [6.45, 7) is 1.35. The van der Waals surface area contributed by atoms with Crippen LogP contribution in [0.5, 0.6) is 0 Å². The number of nitrogens with zero attached hydrogens (tertiary/aromatic N) is 3. The average molecular weight is 392 g/mol. The van der Waals surface area contributed by atoms with Crippen molar-refractivity contribution in [3.63, 3.8) is 0 Å². The van der Waals surface area contributed by atoms with Gasteiger partial charge in [-0.2, -0.15) is 5.10 Å². The summed E-state index contributed by atoms with van der Waals surface area (Å²) >= 11 is 0. The molecular formula is C19H22F2N4O3. The summed E-state index contributed by atoms with van der Waals surface area (Å²) in [5.41, 5.74) is 1.04. The summed E-state index contributed by atoms with van der Waals surface area (Å²) < 4.78 is 32.1. The highest BCUT2D eigenvalue weighted by Gasteiger charge is 2.31. The Bertz CT molecular complexity index is 829. The van der Waals surface area contributed by atoms with Crippen LogP contribution in [0, 0.1) is 11.6 Å². The van der Waals surface area contributed by atoms with E-state index in [2.05, 4.69) is 10.2 Å². The fourth-order valence-electron chi connectivity index (χ4n) is 3.08. The van der Waals surface area contributed by atoms with Crippen molar-refractivity contribution in [2.75, 3.05) is 33.4 Å². The lowest BCUT2D eigenvalue weighted by Crippen LogP contribution is -2.50. The molecule has 2 heterocycles. The van der Waals surface area contributed by atoms with E-state index in [0.29, 0.717) is 19.6 Å². The monoisotopic (exact) mass is 392 g/mol. The Morgan fingerprint density at radius 2 is 2.18 bits per heavy atom. The number of hydrogen-bond donors (Lipinski definition) is 1. The second-order valence-electron chi connectivity index (χ2n) is 6.73. The molecule has 1 aliphatic rings. The number of nitrogens with one attached hydrogen (secondary N) is 1. The maximum Gasteiger partial charge on any atom is 0.254 e. The molecule has 1 aromatic heterocycles. The quantitative estimate of drug-likeness (QED) is 0.810. The predicted octanol–water partition coefficient (Wildman–Crippen LogP) is 1.62. The van der Waals surface area contributed by atoms with Crippen LogP contribution in [0.25, 0.3) is 0 Å². The molecule has 1 N–H and O–H groups in total. The molecule has 0 spiro atoms. The molecule has 1 aliphatic heterocycles. The summed E-state index contributed by atoms with van der Waals surface area (Å²) in [6, 6.07) is 2.58. The fraction of sp³-hybridized carbons (Fsp3) is 0.421. The zero-order valence-electron chi connectivity index (χ0n) is 15.5. The summed E-state index contributed by atoms with van der Waals surface area (Å²) in [7, 11) is 1.70. The molecule has 0 bridgehead atoms. The highest BCUT2D eigenvalue weighted by atomic mass is 19.2. The van der Waals surface area contributed by atoms with E-state index in [1.54, 1.807) is 24.3 Å². The van der Waals surface area contributed by atoms with Gasteiger partial charge < -0.3 is 14.5 Å². The van der Waals surface area contributed by atoms with Gasteiger partial charge in [-0.15, -0.1) is 0 Å². The van der Waals surface area contributed by atoms with Crippen molar-refractivity contribution in [1.82, 2.24) is 20.0 Å². The molecule has 3 rings (SSSR count). The van der Waals surface area contributed by atoms with E-state index < -0.39 is 23.6 Å². The third kappa shape index (κ3) is 4.72. The van der Waals surface area contributed by atoms with Crippen LogP contribution in [0.1, 0.15) is 22.3 Å². The van der Waals surface area contributed by atoms with Gasteiger partial charge in [-0.3, -0.25) is 14.7 Å². The van der Waals surface area contributed by atoms with Gasteiger partial charge in [0.05, 0.1) is 25.5 Å². The minimum Gasteiger partial charge on any atom is -0.377 e. The van der Waals surface area contributed by atoms with Crippen molar-refractivity contribution >= 4 is 11.8 Å². The van der Waals surface area contributed by atoms with E-state index in [0.717, 1.165) is 17.7 Å². The normalized spacial score (nSPS) is 16.8. The lowest BCUT2D eigenvalue weighted by atomic mass is 10.1. The molecule has 0 unspecified atom stereocenters. The minimum atomic E-state index is -1.08. The van der Waals surface area contributed by atoms with Crippen LogP contribution in [0.2, 0.25) is 0 Å². The van der Waals surface area contributed by atoms with Crippen LogP contribution >= 0.6 is 0 Å². The molecular weight excluding hydrogens is 370 g/mol. The lowest BCUT2D eigenvalue weighted by molar-refractivity contribution is -0.132. The number of aromatic amines is 1. The molecule has 1 atom stereocenters. The smallest absolute Gasteiger partial charge is 0.254 e. The number of aromatic nitrogens is 2. The number of ether oxygens (including phenoxy) is 1. The number of halogens is 2. The Kier molecular flexibility index (Phi) is 6.35. The van der Waals surface area contributed by atoms with Gasteiger partial charge in [0.15, 0.2) is 11.6 Å². The fourth-order valence-corrected chi connectivity index (χ4v) is 3.08.